The Morgan fingerprint density at radius 3 is 2.69 bits per heavy atom. The minimum Gasteiger partial charge on any atom is -0.352 e. The first-order chi connectivity index (χ1) is 13.9. The minimum atomic E-state index is -0.576. The largest absolute Gasteiger partial charge is 0.352 e. The zero-order chi connectivity index (χ0) is 20.8. The van der Waals surface area contributed by atoms with Crippen LogP contribution in [0.3, 0.4) is 0 Å². The first-order valence-electron chi connectivity index (χ1n) is 9.63. The lowest BCUT2D eigenvalue weighted by Gasteiger charge is -2.14. The third kappa shape index (κ3) is 5.77. The maximum Gasteiger partial charge on any atom is 0.325 e. The number of hydrogen-bond acceptors (Lipinski definition) is 5. The number of nitrogens with one attached hydrogen (secondary N) is 3. The highest BCUT2D eigenvalue weighted by Gasteiger charge is 2.26. The molecule has 1 aromatic carbocycles. The number of Topliss-reactive ketones (excluding diaryl/α,β-unsaturated/α-hetero) is 1. The van der Waals surface area contributed by atoms with E-state index in [2.05, 4.69) is 20.9 Å². The predicted molar refractivity (Wildman–Crippen MR) is 114 cm³/mol. The van der Waals surface area contributed by atoms with Gasteiger partial charge in [0.15, 0.2) is 10.9 Å². The van der Waals surface area contributed by atoms with E-state index < -0.39 is 12.1 Å². The summed E-state index contributed by atoms with van der Waals surface area (Å²) in [6.07, 6.45) is 6.18. The number of ketones is 1. The number of urea groups is 2. The van der Waals surface area contributed by atoms with E-state index >= 15 is 0 Å². The van der Waals surface area contributed by atoms with E-state index in [1.54, 1.807) is 12.3 Å². The summed E-state index contributed by atoms with van der Waals surface area (Å²) in [7, 11) is 0. The highest BCUT2D eigenvalue weighted by atomic mass is 32.1. The summed E-state index contributed by atoms with van der Waals surface area (Å²) in [6.45, 7) is 2.33. The Morgan fingerprint density at radius 2 is 1.97 bits per heavy atom. The quantitative estimate of drug-likeness (QED) is 0.515. The van der Waals surface area contributed by atoms with Gasteiger partial charge in [0, 0.05) is 35.5 Å². The average molecular weight is 416 g/mol. The predicted octanol–water partition coefficient (Wildman–Crippen LogP) is 3.68. The highest BCUT2D eigenvalue weighted by Crippen LogP contribution is 2.31. The van der Waals surface area contributed by atoms with Gasteiger partial charge in [-0.25, -0.2) is 14.6 Å². The standard InChI is InChI=1S/C20H25N5O3S/c1-12-6-7-16(15(10-12)17(26)13-4-2-3-5-13)24-19(28)25-20-23-11-14(29-20)8-9-22-18(21)27/h6-7,10-11,13H,2-5,8-9H2,1H3,(H3,21,22,27)(H2,23,24,25,28). The summed E-state index contributed by atoms with van der Waals surface area (Å²) in [5.74, 6) is 0.135. The number of carbonyl (C=O) groups is 3. The lowest BCUT2D eigenvalue weighted by molar-refractivity contribution is 0.0923. The Labute approximate surface area is 173 Å². The average Bonchev–Trinajstić information content (AvgIpc) is 3.34. The number of benzene rings is 1. The molecular weight excluding hydrogens is 390 g/mol. The molecule has 1 aliphatic rings. The fraction of sp³-hybridized carbons (Fsp3) is 0.400. The Hall–Kier alpha value is -2.94. The number of hydrogen-bond donors (Lipinski definition) is 4. The van der Waals surface area contributed by atoms with Gasteiger partial charge in [0.1, 0.15) is 0 Å². The number of thiazole rings is 1. The molecule has 0 aliphatic heterocycles. The zero-order valence-electron chi connectivity index (χ0n) is 16.3. The molecule has 8 nitrogen and oxygen atoms in total. The van der Waals surface area contributed by atoms with Gasteiger partial charge in [-0.05, 0) is 31.9 Å². The van der Waals surface area contributed by atoms with Crippen LogP contribution in [0.2, 0.25) is 0 Å². The summed E-state index contributed by atoms with van der Waals surface area (Å²) in [5.41, 5.74) is 7.08. The van der Waals surface area contributed by atoms with Gasteiger partial charge in [0.25, 0.3) is 0 Å². The molecule has 4 amide bonds. The first-order valence-corrected chi connectivity index (χ1v) is 10.4. The zero-order valence-corrected chi connectivity index (χ0v) is 17.1. The third-order valence-electron chi connectivity index (χ3n) is 4.86. The fourth-order valence-corrected chi connectivity index (χ4v) is 4.23. The molecule has 1 heterocycles. The Morgan fingerprint density at radius 1 is 1.21 bits per heavy atom. The molecule has 1 aliphatic carbocycles. The van der Waals surface area contributed by atoms with E-state index in [1.165, 1.54) is 11.3 Å². The molecule has 1 aromatic heterocycles. The van der Waals surface area contributed by atoms with Crippen LogP contribution in [-0.4, -0.2) is 29.4 Å². The highest BCUT2D eigenvalue weighted by molar-refractivity contribution is 7.15. The minimum absolute atomic E-state index is 0.0379. The monoisotopic (exact) mass is 415 g/mol. The van der Waals surface area contributed by atoms with Gasteiger partial charge >= 0.3 is 12.1 Å². The fourth-order valence-electron chi connectivity index (χ4n) is 3.42. The molecule has 3 rings (SSSR count). The molecule has 0 unspecified atom stereocenters. The number of aromatic nitrogens is 1. The van der Waals surface area contributed by atoms with Gasteiger partial charge in [0.2, 0.25) is 0 Å². The van der Waals surface area contributed by atoms with Crippen molar-refractivity contribution < 1.29 is 14.4 Å². The van der Waals surface area contributed by atoms with Crippen LogP contribution in [0.4, 0.5) is 20.4 Å². The van der Waals surface area contributed by atoms with Gasteiger partial charge in [-0.3, -0.25) is 10.1 Å². The molecule has 0 atom stereocenters. The Kier molecular flexibility index (Phi) is 6.82. The Balaban J connectivity index is 1.63. The maximum absolute atomic E-state index is 12.9. The number of nitrogens with zero attached hydrogens (tertiary/aromatic N) is 1. The van der Waals surface area contributed by atoms with Crippen molar-refractivity contribution in [2.24, 2.45) is 11.7 Å². The second-order valence-corrected chi connectivity index (χ2v) is 8.26. The van der Waals surface area contributed by atoms with Crippen molar-refractivity contribution in [1.29, 1.82) is 0 Å². The smallest absolute Gasteiger partial charge is 0.325 e. The topological polar surface area (TPSA) is 126 Å². The van der Waals surface area contributed by atoms with Crippen molar-refractivity contribution in [3.05, 3.63) is 40.4 Å². The lowest BCUT2D eigenvalue weighted by atomic mass is 9.94. The second kappa shape index (κ2) is 9.51. The third-order valence-corrected chi connectivity index (χ3v) is 5.83. The molecule has 29 heavy (non-hydrogen) atoms. The van der Waals surface area contributed by atoms with Gasteiger partial charge < -0.3 is 16.4 Å². The van der Waals surface area contributed by atoms with Crippen molar-refractivity contribution in [2.45, 2.75) is 39.0 Å². The van der Waals surface area contributed by atoms with Gasteiger partial charge in [0.05, 0.1) is 5.69 Å². The summed E-state index contributed by atoms with van der Waals surface area (Å²) in [4.78, 5) is 41.1. The number of anilines is 2. The van der Waals surface area contributed by atoms with Crippen LogP contribution in [0.5, 0.6) is 0 Å². The molecule has 1 saturated carbocycles. The van der Waals surface area contributed by atoms with E-state index in [4.69, 9.17) is 5.73 Å². The molecule has 9 heteroatoms. The summed E-state index contributed by atoms with van der Waals surface area (Å²) < 4.78 is 0. The van der Waals surface area contributed by atoms with Gasteiger partial charge in [-0.15, -0.1) is 11.3 Å². The molecule has 0 radical (unpaired) electrons. The molecule has 2 aromatic rings. The van der Waals surface area contributed by atoms with Crippen molar-refractivity contribution in [1.82, 2.24) is 10.3 Å². The molecule has 0 saturated heterocycles. The van der Waals surface area contributed by atoms with Gasteiger partial charge in [-0.1, -0.05) is 24.5 Å². The van der Waals surface area contributed by atoms with Crippen LogP contribution in [0.1, 0.15) is 46.5 Å². The molecule has 5 N–H and O–H groups in total. The van der Waals surface area contributed by atoms with Crippen molar-refractivity contribution >= 4 is 40.0 Å². The van der Waals surface area contributed by atoms with Crippen molar-refractivity contribution in [3.8, 4) is 0 Å². The van der Waals surface area contributed by atoms with Crippen molar-refractivity contribution in [2.75, 3.05) is 17.2 Å². The number of amides is 4. The van der Waals surface area contributed by atoms with E-state index in [0.717, 1.165) is 36.1 Å². The molecule has 154 valence electrons. The van der Waals surface area contributed by atoms with E-state index in [-0.39, 0.29) is 11.7 Å². The summed E-state index contributed by atoms with van der Waals surface area (Å²) in [6, 6.07) is 4.44. The van der Waals surface area contributed by atoms with Crippen LogP contribution >= 0.6 is 11.3 Å². The maximum atomic E-state index is 12.9. The van der Waals surface area contributed by atoms with Crippen LogP contribution < -0.4 is 21.7 Å². The van der Waals surface area contributed by atoms with E-state index in [9.17, 15) is 14.4 Å². The first kappa shape index (κ1) is 20.8. The normalized spacial score (nSPS) is 13.8. The Bertz CT molecular complexity index is 905. The number of nitrogens with two attached hydrogens (primary N) is 1. The van der Waals surface area contributed by atoms with Crippen LogP contribution in [-0.2, 0) is 6.42 Å². The summed E-state index contributed by atoms with van der Waals surface area (Å²) in [5, 5.41) is 8.42. The molecule has 1 fully saturated rings. The van der Waals surface area contributed by atoms with Crippen LogP contribution in [0.15, 0.2) is 24.4 Å². The molecular formula is C20H25N5O3S. The van der Waals surface area contributed by atoms with Gasteiger partial charge in [-0.2, -0.15) is 0 Å². The number of carbonyl (C=O) groups excluding carboxylic acids is 3. The van der Waals surface area contributed by atoms with Crippen LogP contribution in [0, 0.1) is 12.8 Å². The lowest BCUT2D eigenvalue weighted by Crippen LogP contribution is -2.30. The SMILES string of the molecule is Cc1ccc(NC(=O)Nc2ncc(CCNC(N)=O)s2)c(C(=O)C2CCCC2)c1. The molecule has 0 spiro atoms. The number of rotatable bonds is 7. The number of primary amides is 1. The van der Waals surface area contributed by atoms with E-state index in [1.807, 2.05) is 19.1 Å². The second-order valence-electron chi connectivity index (χ2n) is 7.15. The van der Waals surface area contributed by atoms with E-state index in [0.29, 0.717) is 29.3 Å². The molecule has 0 bridgehead atoms. The van der Waals surface area contributed by atoms with Crippen LogP contribution in [0.25, 0.3) is 0 Å². The summed E-state index contributed by atoms with van der Waals surface area (Å²) >= 11 is 1.31. The van der Waals surface area contributed by atoms with Crippen molar-refractivity contribution in [3.63, 3.8) is 0 Å². The number of aryl methyl sites for hydroxylation is 1.